The zero-order valence-electron chi connectivity index (χ0n) is 32.5. The maximum Gasteiger partial charge on any atom is 0.171 e. The zero-order chi connectivity index (χ0) is 39.8. The number of ether oxygens (including phenoxy) is 1. The largest absolute Gasteiger partial charge is 0.456 e. The van der Waals surface area contributed by atoms with Gasteiger partial charge in [0.15, 0.2) is 7.14 Å². The summed E-state index contributed by atoms with van der Waals surface area (Å²) >= 11 is 0. The third-order valence-electron chi connectivity index (χ3n) is 12.6. The van der Waals surface area contributed by atoms with Crippen LogP contribution in [0.3, 0.4) is 0 Å². The zero-order valence-corrected chi connectivity index (χ0v) is 33.4. The van der Waals surface area contributed by atoms with Crippen molar-refractivity contribution >= 4 is 44.7 Å². The maximum absolute atomic E-state index is 15.2. The molecule has 3 nitrogen and oxygen atoms in total. The van der Waals surface area contributed by atoms with Crippen LogP contribution in [0, 0.1) is 0 Å². The molecule has 0 atom stereocenters. The number of pyridine rings is 1. The summed E-state index contributed by atoms with van der Waals surface area (Å²) in [6, 6.07) is 75.7. The van der Waals surface area contributed by atoms with Gasteiger partial charge in [-0.15, -0.1) is 0 Å². The van der Waals surface area contributed by atoms with Gasteiger partial charge in [-0.05, 0) is 51.6 Å². The lowest BCUT2D eigenvalue weighted by molar-refractivity contribution is 0.442. The van der Waals surface area contributed by atoms with E-state index in [4.69, 9.17) is 9.72 Å². The van der Waals surface area contributed by atoms with Crippen LogP contribution < -0.4 is 20.7 Å². The van der Waals surface area contributed by atoms with Gasteiger partial charge in [0.1, 0.15) is 11.5 Å². The summed E-state index contributed by atoms with van der Waals surface area (Å²) in [5.74, 6) is 1.70. The number of rotatable bonds is 5. The molecular weight excluding hydrogens is 750 g/mol. The Balaban J connectivity index is 1.11. The molecule has 1 spiro atoms. The normalized spacial score (nSPS) is 13.3. The number of nitrogens with zero attached hydrogens (tertiary/aromatic N) is 1. The van der Waals surface area contributed by atoms with Crippen LogP contribution in [0.4, 0.5) is 0 Å². The standard InChI is InChI=1S/C56H36NO2P/c58-60(40-18-6-2-7-19-40,41-20-8-3-9-21-41)42-31-28-37(29-32-42)39-30-35-51-46(36-39)53-45(54(57-51)38-16-4-1-5-17-38)33-34-50-55(53)59-52-27-15-14-26-49(52)56(50)47-24-12-10-22-43(47)44-23-11-13-25-48(44)56/h1-36H. The first-order chi connectivity index (χ1) is 29.6. The Morgan fingerprint density at radius 3 is 1.60 bits per heavy atom. The Kier molecular flexibility index (Phi) is 7.73. The quantitative estimate of drug-likeness (QED) is 0.129. The van der Waals surface area contributed by atoms with Gasteiger partial charge in [-0.3, -0.25) is 0 Å². The van der Waals surface area contributed by atoms with E-state index in [9.17, 15) is 0 Å². The van der Waals surface area contributed by atoms with Crippen molar-refractivity contribution in [2.75, 3.05) is 0 Å². The van der Waals surface area contributed by atoms with Crippen LogP contribution in [0.1, 0.15) is 22.3 Å². The molecule has 0 radical (unpaired) electrons. The number of para-hydroxylation sites is 1. The molecule has 0 amide bonds. The molecule has 0 saturated heterocycles. The van der Waals surface area contributed by atoms with E-state index >= 15 is 4.57 Å². The maximum atomic E-state index is 15.2. The Labute approximate surface area is 348 Å². The van der Waals surface area contributed by atoms with Gasteiger partial charge in [0.05, 0.1) is 16.6 Å². The Morgan fingerprint density at radius 2 is 0.950 bits per heavy atom. The van der Waals surface area contributed by atoms with Crippen molar-refractivity contribution in [1.82, 2.24) is 4.98 Å². The third-order valence-corrected chi connectivity index (χ3v) is 15.7. The molecule has 2 heterocycles. The summed E-state index contributed by atoms with van der Waals surface area (Å²) in [6.07, 6.45) is 0. The van der Waals surface area contributed by atoms with Crippen molar-refractivity contribution in [2.45, 2.75) is 5.41 Å². The highest BCUT2D eigenvalue weighted by Gasteiger charge is 2.51. The summed E-state index contributed by atoms with van der Waals surface area (Å²) in [5.41, 5.74) is 11.6. The second-order valence-corrected chi connectivity index (χ2v) is 18.5. The molecule has 0 fully saturated rings. The molecule has 1 aromatic heterocycles. The first kappa shape index (κ1) is 34.7. The molecule has 9 aromatic carbocycles. The van der Waals surface area contributed by atoms with Crippen LogP contribution in [-0.2, 0) is 9.98 Å². The van der Waals surface area contributed by atoms with Gasteiger partial charge in [0.2, 0.25) is 0 Å². The van der Waals surface area contributed by atoms with Crippen molar-refractivity contribution in [1.29, 1.82) is 0 Å². The molecule has 4 heteroatoms. The summed E-state index contributed by atoms with van der Waals surface area (Å²) in [6.45, 7) is 0. The Morgan fingerprint density at radius 1 is 0.417 bits per heavy atom. The monoisotopic (exact) mass is 785 g/mol. The van der Waals surface area contributed by atoms with Crippen LogP contribution in [0.2, 0.25) is 0 Å². The number of hydrogen-bond donors (Lipinski definition) is 0. The van der Waals surface area contributed by atoms with Gasteiger partial charge in [-0.25, -0.2) is 4.98 Å². The molecule has 60 heavy (non-hydrogen) atoms. The highest BCUT2D eigenvalue weighted by Crippen LogP contribution is 2.63. The first-order valence-electron chi connectivity index (χ1n) is 20.4. The van der Waals surface area contributed by atoms with Crippen molar-refractivity contribution in [2.24, 2.45) is 0 Å². The minimum Gasteiger partial charge on any atom is -0.456 e. The van der Waals surface area contributed by atoms with Crippen molar-refractivity contribution in [3.63, 3.8) is 0 Å². The van der Waals surface area contributed by atoms with Gasteiger partial charge in [-0.1, -0.05) is 200 Å². The van der Waals surface area contributed by atoms with Gasteiger partial charge < -0.3 is 9.30 Å². The fourth-order valence-electron chi connectivity index (χ4n) is 9.98. The van der Waals surface area contributed by atoms with Crippen LogP contribution in [-0.4, -0.2) is 4.98 Å². The molecule has 0 N–H and O–H groups in total. The summed E-state index contributed by atoms with van der Waals surface area (Å²) in [5, 5.41) is 5.50. The van der Waals surface area contributed by atoms with E-state index in [2.05, 4.69) is 140 Å². The van der Waals surface area contributed by atoms with E-state index in [1.54, 1.807) is 0 Å². The number of aromatic nitrogens is 1. The molecule has 10 aromatic rings. The van der Waals surface area contributed by atoms with Crippen LogP contribution in [0.25, 0.3) is 55.2 Å². The second kappa shape index (κ2) is 13.4. The van der Waals surface area contributed by atoms with Crippen molar-refractivity contribution in [3.8, 4) is 45.0 Å². The first-order valence-corrected chi connectivity index (χ1v) is 22.1. The number of fused-ring (bicyclic) bond motifs is 13. The minimum atomic E-state index is -3.12. The predicted molar refractivity (Wildman–Crippen MR) is 247 cm³/mol. The fraction of sp³-hybridized carbons (Fsp3) is 0.0179. The lowest BCUT2D eigenvalue weighted by Gasteiger charge is -2.40. The molecule has 1 aliphatic heterocycles. The van der Waals surface area contributed by atoms with E-state index in [0.717, 1.165) is 82.6 Å². The van der Waals surface area contributed by atoms with Gasteiger partial charge in [0.25, 0.3) is 0 Å². The highest BCUT2D eigenvalue weighted by molar-refractivity contribution is 7.85. The van der Waals surface area contributed by atoms with Crippen molar-refractivity contribution < 1.29 is 9.30 Å². The topological polar surface area (TPSA) is 39.2 Å². The Bertz CT molecular complexity index is 3270. The predicted octanol–water partition coefficient (Wildman–Crippen LogP) is 12.8. The van der Waals surface area contributed by atoms with Gasteiger partial charge in [0, 0.05) is 48.8 Å². The van der Waals surface area contributed by atoms with Crippen molar-refractivity contribution in [3.05, 3.63) is 241 Å². The summed E-state index contributed by atoms with van der Waals surface area (Å²) < 4.78 is 22.4. The average molecular weight is 786 g/mol. The van der Waals surface area contributed by atoms with E-state index in [0.29, 0.717) is 0 Å². The van der Waals surface area contributed by atoms with Gasteiger partial charge >= 0.3 is 0 Å². The van der Waals surface area contributed by atoms with E-state index in [1.165, 1.54) is 22.3 Å². The van der Waals surface area contributed by atoms with Gasteiger partial charge in [-0.2, -0.15) is 0 Å². The molecule has 0 saturated carbocycles. The Hall–Kier alpha value is -7.32. The molecule has 0 unspecified atom stereocenters. The minimum absolute atomic E-state index is 0.590. The van der Waals surface area contributed by atoms with Crippen LogP contribution >= 0.6 is 7.14 Å². The lowest BCUT2D eigenvalue weighted by atomic mass is 9.65. The van der Waals surface area contributed by atoms with Crippen LogP contribution in [0.5, 0.6) is 11.5 Å². The molecule has 2 aliphatic rings. The fourth-order valence-corrected chi connectivity index (χ4v) is 12.6. The molecule has 1 aliphatic carbocycles. The molecule has 0 bridgehead atoms. The van der Waals surface area contributed by atoms with E-state index in [-0.39, 0.29) is 0 Å². The summed E-state index contributed by atoms with van der Waals surface area (Å²) in [4.78, 5) is 5.38. The van der Waals surface area contributed by atoms with Crippen LogP contribution in [0.15, 0.2) is 218 Å². The summed E-state index contributed by atoms with van der Waals surface area (Å²) in [7, 11) is -3.12. The van der Waals surface area contributed by atoms with E-state index < -0.39 is 12.6 Å². The molecule has 12 rings (SSSR count). The molecular formula is C56H36NO2P. The highest BCUT2D eigenvalue weighted by atomic mass is 31.2. The third kappa shape index (κ3) is 4.91. The molecule has 282 valence electrons. The number of benzene rings is 9. The SMILES string of the molecule is O=P(c1ccccc1)(c1ccccc1)c1ccc(-c2ccc3nc(-c4ccccc4)c4ccc5c(c4c3c2)Oc2ccccc2C52c3ccccc3-c3ccccc32)cc1. The number of hydrogen-bond acceptors (Lipinski definition) is 3. The second-order valence-electron chi connectivity index (χ2n) is 15.7. The average Bonchev–Trinajstić information content (AvgIpc) is 3.62. The smallest absolute Gasteiger partial charge is 0.171 e. The lowest BCUT2D eigenvalue weighted by Crippen LogP contribution is -2.32. The van der Waals surface area contributed by atoms with E-state index in [1.807, 2.05) is 78.9 Å².